The van der Waals surface area contributed by atoms with Crippen molar-refractivity contribution >= 4 is 0 Å². The van der Waals surface area contributed by atoms with Gasteiger partial charge in [0.05, 0.1) is 24.9 Å². The van der Waals surface area contributed by atoms with Crippen molar-refractivity contribution in [1.29, 1.82) is 0 Å². The van der Waals surface area contributed by atoms with Crippen molar-refractivity contribution in [2.45, 2.75) is 12.6 Å². The van der Waals surface area contributed by atoms with Crippen LogP contribution in [0.3, 0.4) is 0 Å². The summed E-state index contributed by atoms with van der Waals surface area (Å²) in [6, 6.07) is 2.95. The summed E-state index contributed by atoms with van der Waals surface area (Å²) in [7, 11) is 0. The predicted molar refractivity (Wildman–Crippen MR) is 44.2 cm³/mol. The topological polar surface area (TPSA) is 79.4 Å². The maximum absolute atomic E-state index is 8.89. The van der Waals surface area contributed by atoms with Crippen LogP contribution in [-0.4, -0.2) is 21.8 Å². The van der Waals surface area contributed by atoms with Crippen LogP contribution in [0.25, 0.3) is 0 Å². The molecule has 4 nitrogen and oxygen atoms in total. The Bertz CT molecular complexity index is 253. The van der Waals surface area contributed by atoms with Crippen molar-refractivity contribution in [3.05, 3.63) is 29.6 Å². The van der Waals surface area contributed by atoms with Gasteiger partial charge in [0, 0.05) is 11.8 Å². The average molecular weight is 168 g/mol. The lowest BCUT2D eigenvalue weighted by atomic mass is 10.1. The van der Waals surface area contributed by atoms with Gasteiger partial charge >= 0.3 is 0 Å². The summed E-state index contributed by atoms with van der Waals surface area (Å²) in [5.41, 5.74) is 6.77. The normalized spacial score (nSPS) is 12.9. The third-order valence-electron chi connectivity index (χ3n) is 1.64. The number of hydrogen-bond acceptors (Lipinski definition) is 4. The van der Waals surface area contributed by atoms with Crippen molar-refractivity contribution in [1.82, 2.24) is 4.98 Å². The Morgan fingerprint density at radius 2 is 2.25 bits per heavy atom. The first-order chi connectivity index (χ1) is 5.79. The minimum atomic E-state index is -0.506. The van der Waals surface area contributed by atoms with Crippen molar-refractivity contribution in [3.63, 3.8) is 0 Å². The highest BCUT2D eigenvalue weighted by Gasteiger charge is 2.09. The van der Waals surface area contributed by atoms with Gasteiger partial charge in [-0.1, -0.05) is 6.07 Å². The van der Waals surface area contributed by atoms with Crippen LogP contribution < -0.4 is 5.73 Å². The van der Waals surface area contributed by atoms with E-state index >= 15 is 0 Å². The molecule has 66 valence electrons. The molecule has 1 aromatic rings. The molecule has 0 amide bonds. The molecule has 0 unspecified atom stereocenters. The fraction of sp³-hybridized carbons (Fsp3) is 0.375. The maximum atomic E-state index is 8.89. The number of aromatic nitrogens is 1. The molecule has 1 aromatic heterocycles. The van der Waals surface area contributed by atoms with Gasteiger partial charge < -0.3 is 15.9 Å². The third kappa shape index (κ3) is 1.79. The van der Waals surface area contributed by atoms with Crippen molar-refractivity contribution < 1.29 is 10.2 Å². The number of pyridine rings is 1. The Morgan fingerprint density at radius 3 is 2.83 bits per heavy atom. The van der Waals surface area contributed by atoms with E-state index in [2.05, 4.69) is 4.98 Å². The molecule has 1 heterocycles. The smallest absolute Gasteiger partial charge is 0.0708 e. The second kappa shape index (κ2) is 4.15. The number of hydrogen-bond donors (Lipinski definition) is 3. The Balaban J connectivity index is 2.96. The van der Waals surface area contributed by atoms with Gasteiger partial charge in [0.1, 0.15) is 0 Å². The Morgan fingerprint density at radius 1 is 1.50 bits per heavy atom. The maximum Gasteiger partial charge on any atom is 0.0708 e. The molecule has 0 aliphatic rings. The molecule has 4 heteroatoms. The first-order valence-corrected chi connectivity index (χ1v) is 3.70. The minimum absolute atomic E-state index is 0.100. The summed E-state index contributed by atoms with van der Waals surface area (Å²) in [6.07, 6.45) is 1.59. The second-order valence-electron chi connectivity index (χ2n) is 2.49. The van der Waals surface area contributed by atoms with E-state index < -0.39 is 6.04 Å². The highest BCUT2D eigenvalue weighted by Crippen LogP contribution is 2.11. The van der Waals surface area contributed by atoms with Crippen LogP contribution in [0.4, 0.5) is 0 Å². The monoisotopic (exact) mass is 168 g/mol. The van der Waals surface area contributed by atoms with E-state index in [9.17, 15) is 0 Å². The van der Waals surface area contributed by atoms with E-state index in [0.29, 0.717) is 11.3 Å². The van der Waals surface area contributed by atoms with E-state index in [-0.39, 0.29) is 13.2 Å². The van der Waals surface area contributed by atoms with E-state index in [4.69, 9.17) is 15.9 Å². The van der Waals surface area contributed by atoms with Crippen LogP contribution in [-0.2, 0) is 6.61 Å². The molecule has 0 aliphatic heterocycles. The number of aliphatic hydroxyl groups excluding tert-OH is 2. The van der Waals surface area contributed by atoms with Crippen LogP contribution in [0.15, 0.2) is 18.3 Å². The van der Waals surface area contributed by atoms with Crippen molar-refractivity contribution in [2.24, 2.45) is 5.73 Å². The standard InChI is InChI=1S/C8H12N2O2/c9-7(5-12)8-6(4-11)2-1-3-10-8/h1-3,7,11-12H,4-5,9H2/t7-/m0/s1. The summed E-state index contributed by atoms with van der Waals surface area (Å²) in [5.74, 6) is 0. The van der Waals surface area contributed by atoms with E-state index in [1.165, 1.54) is 0 Å². The van der Waals surface area contributed by atoms with Gasteiger partial charge in [0.2, 0.25) is 0 Å². The number of nitrogens with zero attached hydrogens (tertiary/aromatic N) is 1. The summed E-state index contributed by atoms with van der Waals surface area (Å²) < 4.78 is 0. The van der Waals surface area contributed by atoms with E-state index in [1.54, 1.807) is 18.3 Å². The third-order valence-corrected chi connectivity index (χ3v) is 1.64. The summed E-state index contributed by atoms with van der Waals surface area (Å²) in [4.78, 5) is 3.98. The molecule has 0 saturated heterocycles. The van der Waals surface area contributed by atoms with E-state index in [0.717, 1.165) is 0 Å². The molecule has 0 aliphatic carbocycles. The van der Waals surface area contributed by atoms with Gasteiger partial charge in [-0.05, 0) is 6.07 Å². The van der Waals surface area contributed by atoms with Crippen LogP contribution in [0, 0.1) is 0 Å². The second-order valence-corrected chi connectivity index (χ2v) is 2.49. The summed E-state index contributed by atoms with van der Waals surface area (Å²) in [5, 5.41) is 17.6. The molecule has 0 radical (unpaired) electrons. The lowest BCUT2D eigenvalue weighted by molar-refractivity contribution is 0.256. The quantitative estimate of drug-likeness (QED) is 0.572. The molecule has 12 heavy (non-hydrogen) atoms. The zero-order chi connectivity index (χ0) is 8.97. The molecule has 0 spiro atoms. The highest BCUT2D eigenvalue weighted by atomic mass is 16.3. The van der Waals surface area contributed by atoms with Gasteiger partial charge in [-0.2, -0.15) is 0 Å². The SMILES string of the molecule is N[C@@H](CO)c1ncccc1CO. The van der Waals surface area contributed by atoms with Gasteiger partial charge in [-0.3, -0.25) is 4.98 Å². The summed E-state index contributed by atoms with van der Waals surface area (Å²) >= 11 is 0. The van der Waals surface area contributed by atoms with Gasteiger partial charge in [-0.25, -0.2) is 0 Å². The molecule has 0 fully saturated rings. The fourth-order valence-electron chi connectivity index (χ4n) is 1.00. The molecule has 0 bridgehead atoms. The Hall–Kier alpha value is -0.970. The first kappa shape index (κ1) is 9.12. The zero-order valence-corrected chi connectivity index (χ0v) is 6.64. The van der Waals surface area contributed by atoms with E-state index in [1.807, 2.05) is 0 Å². The molecule has 0 saturated carbocycles. The van der Waals surface area contributed by atoms with Crippen molar-refractivity contribution in [2.75, 3.05) is 6.61 Å². The molecule has 1 atom stereocenters. The minimum Gasteiger partial charge on any atom is -0.394 e. The molecular weight excluding hydrogens is 156 g/mol. The van der Waals surface area contributed by atoms with Crippen LogP contribution in [0.5, 0.6) is 0 Å². The van der Waals surface area contributed by atoms with Gasteiger partial charge in [0.15, 0.2) is 0 Å². The number of rotatable bonds is 3. The Labute approximate surface area is 70.7 Å². The lowest BCUT2D eigenvalue weighted by Crippen LogP contribution is -2.18. The average Bonchev–Trinajstić information content (AvgIpc) is 2.16. The number of aliphatic hydroxyl groups is 2. The van der Waals surface area contributed by atoms with Gasteiger partial charge in [-0.15, -0.1) is 0 Å². The molecule has 0 aromatic carbocycles. The van der Waals surface area contributed by atoms with Crippen molar-refractivity contribution in [3.8, 4) is 0 Å². The Kier molecular flexibility index (Phi) is 3.16. The zero-order valence-electron chi connectivity index (χ0n) is 6.64. The summed E-state index contributed by atoms with van der Waals surface area (Å²) in [6.45, 7) is -0.263. The van der Waals surface area contributed by atoms with Crippen LogP contribution >= 0.6 is 0 Å². The molecule has 1 rings (SSSR count). The van der Waals surface area contributed by atoms with Crippen LogP contribution in [0.2, 0.25) is 0 Å². The lowest BCUT2D eigenvalue weighted by Gasteiger charge is -2.10. The van der Waals surface area contributed by atoms with Gasteiger partial charge in [0.25, 0.3) is 0 Å². The highest BCUT2D eigenvalue weighted by molar-refractivity contribution is 5.21. The largest absolute Gasteiger partial charge is 0.394 e. The van der Waals surface area contributed by atoms with Crippen LogP contribution in [0.1, 0.15) is 17.3 Å². The number of nitrogens with two attached hydrogens (primary N) is 1. The molecular formula is C8H12N2O2. The predicted octanol–water partition coefficient (Wildman–Crippen LogP) is -0.434. The first-order valence-electron chi connectivity index (χ1n) is 3.70. The fourth-order valence-corrected chi connectivity index (χ4v) is 1.00. The molecule has 4 N–H and O–H groups in total.